The maximum absolute atomic E-state index is 14.4. The predicted octanol–water partition coefficient (Wildman–Crippen LogP) is 6.69. The molecule has 0 aliphatic heterocycles. The molecule has 5 aromatic rings. The van der Waals surface area contributed by atoms with E-state index in [2.05, 4.69) is 6.92 Å². The lowest BCUT2D eigenvalue weighted by atomic mass is 9.89. The van der Waals surface area contributed by atoms with E-state index in [1.807, 2.05) is 122 Å². The summed E-state index contributed by atoms with van der Waals surface area (Å²) in [5.74, 6) is 0.0370. The summed E-state index contributed by atoms with van der Waals surface area (Å²) in [4.78, 5) is 35.1. The predicted molar refractivity (Wildman–Crippen MR) is 157 cm³/mol. The molecule has 1 heterocycles. The summed E-state index contributed by atoms with van der Waals surface area (Å²) in [5.41, 5.74) is 4.27. The minimum atomic E-state index is -0.473. The number of amides is 1. The van der Waals surface area contributed by atoms with Crippen molar-refractivity contribution in [2.75, 3.05) is 6.54 Å². The van der Waals surface area contributed by atoms with E-state index in [0.717, 1.165) is 23.2 Å². The van der Waals surface area contributed by atoms with Crippen LogP contribution in [0, 0.1) is 0 Å². The summed E-state index contributed by atoms with van der Waals surface area (Å²) >= 11 is 0. The molecule has 0 aliphatic carbocycles. The van der Waals surface area contributed by atoms with Gasteiger partial charge in [0.05, 0.1) is 28.6 Å². The van der Waals surface area contributed by atoms with Gasteiger partial charge in [0.1, 0.15) is 5.82 Å². The van der Waals surface area contributed by atoms with Gasteiger partial charge in [0, 0.05) is 6.54 Å². The number of likely N-dealkylation sites (N-methyl/N-ethyl adjacent to an activating group) is 1. The number of rotatable bonds is 8. The molecule has 5 heteroatoms. The van der Waals surface area contributed by atoms with Crippen LogP contribution in [0.5, 0.6) is 0 Å². The standard InChI is InChI=1S/C34H33N3O2/c1-4-25-20-22-28(23-21-25)37-32(35-30-19-13-12-18-29(30)33(37)38)24(3)36(5-2)34(39)31(26-14-8-6-9-15-26)27-16-10-7-11-17-27/h6-24,31H,4-5H2,1-3H3. The topological polar surface area (TPSA) is 55.2 Å². The van der Waals surface area contributed by atoms with E-state index in [1.54, 1.807) is 10.6 Å². The van der Waals surface area contributed by atoms with Crippen LogP contribution in [0.4, 0.5) is 0 Å². The summed E-state index contributed by atoms with van der Waals surface area (Å²) in [7, 11) is 0. The lowest BCUT2D eigenvalue weighted by Gasteiger charge is -2.33. The zero-order valence-electron chi connectivity index (χ0n) is 22.6. The molecular weight excluding hydrogens is 482 g/mol. The Kier molecular flexibility index (Phi) is 7.69. The third-order valence-electron chi connectivity index (χ3n) is 7.38. The Labute approximate surface area is 229 Å². The number of para-hydroxylation sites is 1. The molecule has 0 radical (unpaired) electrons. The summed E-state index contributed by atoms with van der Waals surface area (Å²) in [6.45, 7) is 6.50. The van der Waals surface area contributed by atoms with Crippen molar-refractivity contribution in [3.63, 3.8) is 0 Å². The molecule has 0 saturated carbocycles. The van der Waals surface area contributed by atoms with Crippen LogP contribution in [-0.2, 0) is 11.2 Å². The first-order chi connectivity index (χ1) is 19.0. The first-order valence-electron chi connectivity index (χ1n) is 13.5. The van der Waals surface area contributed by atoms with Gasteiger partial charge in [0.15, 0.2) is 0 Å². The number of fused-ring (bicyclic) bond motifs is 1. The molecule has 1 aromatic heterocycles. The van der Waals surface area contributed by atoms with Gasteiger partial charge in [-0.15, -0.1) is 0 Å². The number of hydrogen-bond donors (Lipinski definition) is 0. The fourth-order valence-corrected chi connectivity index (χ4v) is 5.25. The van der Waals surface area contributed by atoms with Crippen LogP contribution >= 0.6 is 0 Å². The smallest absolute Gasteiger partial charge is 0.266 e. The van der Waals surface area contributed by atoms with Gasteiger partial charge in [-0.05, 0) is 61.2 Å². The van der Waals surface area contributed by atoms with Crippen LogP contribution in [0.2, 0.25) is 0 Å². The van der Waals surface area contributed by atoms with E-state index in [9.17, 15) is 9.59 Å². The molecule has 1 atom stereocenters. The molecule has 0 bridgehead atoms. The Balaban J connectivity index is 1.65. The number of aryl methyl sites for hydroxylation is 1. The summed E-state index contributed by atoms with van der Waals surface area (Å²) in [5, 5.41) is 0.550. The second-order valence-corrected chi connectivity index (χ2v) is 9.70. The SMILES string of the molecule is CCc1ccc(-n2c(C(C)N(CC)C(=O)C(c3ccccc3)c3ccccc3)nc3ccccc3c2=O)cc1. The first-order valence-corrected chi connectivity index (χ1v) is 13.5. The average Bonchev–Trinajstić information content (AvgIpc) is 2.99. The van der Waals surface area contributed by atoms with E-state index < -0.39 is 12.0 Å². The van der Waals surface area contributed by atoms with Gasteiger partial charge >= 0.3 is 0 Å². The fraction of sp³-hybridized carbons (Fsp3) is 0.206. The number of benzene rings is 4. The van der Waals surface area contributed by atoms with Crippen LogP contribution in [0.25, 0.3) is 16.6 Å². The molecule has 4 aromatic carbocycles. The van der Waals surface area contributed by atoms with Crippen LogP contribution in [-0.4, -0.2) is 26.9 Å². The number of carbonyl (C=O) groups is 1. The average molecular weight is 516 g/mol. The second-order valence-electron chi connectivity index (χ2n) is 9.70. The number of carbonyl (C=O) groups excluding carboxylic acids is 1. The van der Waals surface area contributed by atoms with Gasteiger partial charge in [-0.25, -0.2) is 4.98 Å². The third kappa shape index (κ3) is 5.13. The monoisotopic (exact) mass is 515 g/mol. The molecule has 1 unspecified atom stereocenters. The highest BCUT2D eigenvalue weighted by Crippen LogP contribution is 2.31. The number of aromatic nitrogens is 2. The highest BCUT2D eigenvalue weighted by atomic mass is 16.2. The molecule has 0 aliphatic rings. The Bertz CT molecular complexity index is 1590. The van der Waals surface area contributed by atoms with Crippen molar-refractivity contribution in [3.8, 4) is 5.69 Å². The molecule has 0 saturated heterocycles. The Morgan fingerprint density at radius 3 is 1.92 bits per heavy atom. The van der Waals surface area contributed by atoms with Crippen LogP contribution in [0.15, 0.2) is 114 Å². The van der Waals surface area contributed by atoms with Gasteiger partial charge in [0.25, 0.3) is 5.56 Å². The molecule has 0 spiro atoms. The zero-order chi connectivity index (χ0) is 27.4. The van der Waals surface area contributed by atoms with E-state index in [-0.39, 0.29) is 11.5 Å². The van der Waals surface area contributed by atoms with Crippen molar-refractivity contribution in [1.29, 1.82) is 0 Å². The van der Waals surface area contributed by atoms with E-state index in [4.69, 9.17) is 4.98 Å². The van der Waals surface area contributed by atoms with E-state index in [1.165, 1.54) is 5.56 Å². The Morgan fingerprint density at radius 1 is 0.795 bits per heavy atom. The van der Waals surface area contributed by atoms with Crippen molar-refractivity contribution < 1.29 is 4.79 Å². The Hall–Kier alpha value is -4.51. The maximum atomic E-state index is 14.4. The van der Waals surface area contributed by atoms with Gasteiger partial charge < -0.3 is 4.90 Å². The molecule has 0 fully saturated rings. The number of hydrogen-bond acceptors (Lipinski definition) is 3. The summed E-state index contributed by atoms with van der Waals surface area (Å²) < 4.78 is 1.67. The Morgan fingerprint density at radius 2 is 1.36 bits per heavy atom. The highest BCUT2D eigenvalue weighted by molar-refractivity contribution is 5.87. The van der Waals surface area contributed by atoms with E-state index in [0.29, 0.717) is 23.3 Å². The normalized spacial score (nSPS) is 12.0. The molecule has 1 amide bonds. The number of nitrogens with zero attached hydrogens (tertiary/aromatic N) is 3. The highest BCUT2D eigenvalue weighted by Gasteiger charge is 2.32. The van der Waals surface area contributed by atoms with Gasteiger partial charge in [0.2, 0.25) is 5.91 Å². The molecule has 5 rings (SSSR count). The fourth-order valence-electron chi connectivity index (χ4n) is 5.25. The van der Waals surface area contributed by atoms with Crippen LogP contribution < -0.4 is 5.56 Å². The summed E-state index contributed by atoms with van der Waals surface area (Å²) in [6, 6.07) is 34.7. The lowest BCUT2D eigenvalue weighted by Crippen LogP contribution is -2.40. The van der Waals surface area contributed by atoms with Gasteiger partial charge in [-0.2, -0.15) is 0 Å². The van der Waals surface area contributed by atoms with Crippen molar-refractivity contribution in [1.82, 2.24) is 14.5 Å². The molecule has 0 N–H and O–H groups in total. The second kappa shape index (κ2) is 11.5. The molecule has 196 valence electrons. The van der Waals surface area contributed by atoms with Gasteiger partial charge in [-0.1, -0.05) is 91.9 Å². The van der Waals surface area contributed by atoms with Crippen molar-refractivity contribution in [3.05, 3.63) is 142 Å². The van der Waals surface area contributed by atoms with Crippen LogP contribution in [0.3, 0.4) is 0 Å². The van der Waals surface area contributed by atoms with E-state index >= 15 is 0 Å². The maximum Gasteiger partial charge on any atom is 0.266 e. The largest absolute Gasteiger partial charge is 0.332 e. The minimum absolute atomic E-state index is 0.0299. The molecular formula is C34H33N3O2. The molecule has 5 nitrogen and oxygen atoms in total. The summed E-state index contributed by atoms with van der Waals surface area (Å²) in [6.07, 6.45) is 0.910. The molecule has 39 heavy (non-hydrogen) atoms. The lowest BCUT2D eigenvalue weighted by molar-refractivity contribution is -0.134. The quantitative estimate of drug-likeness (QED) is 0.231. The van der Waals surface area contributed by atoms with Crippen molar-refractivity contribution in [2.24, 2.45) is 0 Å². The van der Waals surface area contributed by atoms with Gasteiger partial charge in [-0.3, -0.25) is 14.2 Å². The minimum Gasteiger partial charge on any atom is -0.332 e. The third-order valence-corrected chi connectivity index (χ3v) is 7.38. The first kappa shape index (κ1) is 26.1. The van der Waals surface area contributed by atoms with Crippen molar-refractivity contribution >= 4 is 16.8 Å². The van der Waals surface area contributed by atoms with Crippen LogP contribution in [0.1, 0.15) is 55.2 Å². The zero-order valence-corrected chi connectivity index (χ0v) is 22.6. The van der Waals surface area contributed by atoms with Crippen molar-refractivity contribution in [2.45, 2.75) is 39.2 Å².